The average Bonchev–Trinajstić information content (AvgIpc) is 3.90. The molecule has 11 aromatic rings. The first kappa shape index (κ1) is 42.8. The Bertz CT molecular complexity index is 3600. The van der Waals surface area contributed by atoms with Gasteiger partial charge in [0.05, 0.1) is 11.0 Å². The van der Waals surface area contributed by atoms with Crippen LogP contribution in [0.1, 0.15) is 101 Å². The summed E-state index contributed by atoms with van der Waals surface area (Å²) in [5.41, 5.74) is 26.9. The Hall–Kier alpha value is -7.29. The molecule has 0 radical (unpaired) electrons. The minimum absolute atomic E-state index is 0.0113. The molecule has 9 aromatic carbocycles. The van der Waals surface area contributed by atoms with Gasteiger partial charge >= 0.3 is 0 Å². The maximum absolute atomic E-state index is 2.67. The van der Waals surface area contributed by atoms with Gasteiger partial charge in [0.15, 0.2) is 0 Å². The van der Waals surface area contributed by atoms with Gasteiger partial charge in [0, 0.05) is 44.0 Å². The second kappa shape index (κ2) is 16.1. The fraction of sp³-hybridized carbons (Fsp3) is 0.182. The van der Waals surface area contributed by atoms with E-state index in [4.69, 9.17) is 0 Å². The maximum Gasteiger partial charge on any atom is 0.247 e. The van der Waals surface area contributed by atoms with Crippen LogP contribution in [0.2, 0.25) is 0 Å². The zero-order chi connectivity index (χ0) is 47.7. The van der Waals surface area contributed by atoms with Crippen LogP contribution in [0.4, 0.5) is 0 Å². The molecule has 0 fully saturated rings. The number of hydrogen-bond donors (Lipinski definition) is 0. The second-order valence-corrected chi connectivity index (χ2v) is 21.5. The molecule has 0 saturated heterocycles. The first-order chi connectivity index (χ1) is 34.1. The highest BCUT2D eigenvalue weighted by Crippen LogP contribution is 2.40. The van der Waals surface area contributed by atoms with Crippen molar-refractivity contribution in [3.05, 3.63) is 204 Å². The van der Waals surface area contributed by atoms with Crippen LogP contribution in [0.5, 0.6) is 0 Å². The minimum atomic E-state index is 0.0113. The molecule has 2 nitrogen and oxygen atoms in total. The van der Waals surface area contributed by atoms with Gasteiger partial charge < -0.3 is 9.13 Å². The van der Waals surface area contributed by atoms with E-state index in [-0.39, 0.29) is 13.4 Å². The van der Waals surface area contributed by atoms with Crippen LogP contribution in [0.3, 0.4) is 0 Å². The third kappa shape index (κ3) is 6.21. The fourth-order valence-electron chi connectivity index (χ4n) is 13.1. The molecule has 0 saturated carbocycles. The molecule has 4 heterocycles. The zero-order valence-electron chi connectivity index (χ0n) is 41.7. The largest absolute Gasteiger partial charge is 0.310 e. The second-order valence-electron chi connectivity index (χ2n) is 21.5. The van der Waals surface area contributed by atoms with Crippen molar-refractivity contribution < 1.29 is 0 Å². The lowest BCUT2D eigenvalue weighted by Gasteiger charge is -2.35. The van der Waals surface area contributed by atoms with Crippen LogP contribution >= 0.6 is 0 Å². The normalized spacial score (nSPS) is 13.0. The van der Waals surface area contributed by atoms with E-state index in [0.717, 1.165) is 0 Å². The molecule has 2 aliphatic rings. The van der Waals surface area contributed by atoms with E-state index >= 15 is 0 Å². The standard InChI is InChI=1S/C66H58B2N2/c1-39(2)47-23-15-24-48(40(3)4)63(47)67-55-29-17-27-51-53-35-45(43-19-11-9-12-20-43)31-33-59(53)69(65(51)55)61-38-58-62(37-57(61)67)70-60-34-32-46(44-21-13-10-14-22-44)36-54(60)52-28-18-30-56(66(52)70)68(58)64-49(41(5)6)25-16-26-50(64)42(7)8/h9-42H,1-8H3. The molecule has 2 aromatic heterocycles. The smallest absolute Gasteiger partial charge is 0.247 e. The Morgan fingerprint density at radius 1 is 0.300 bits per heavy atom. The summed E-state index contributed by atoms with van der Waals surface area (Å²) >= 11 is 0. The summed E-state index contributed by atoms with van der Waals surface area (Å²) in [7, 11) is 0. The highest BCUT2D eigenvalue weighted by atomic mass is 15.0. The quantitative estimate of drug-likeness (QED) is 0.135. The number of para-hydroxylation sites is 2. The predicted octanol–water partition coefficient (Wildman–Crippen LogP) is 13.4. The Morgan fingerprint density at radius 3 is 1.01 bits per heavy atom. The summed E-state index contributed by atoms with van der Waals surface area (Å²) in [5, 5.41) is 5.22. The van der Waals surface area contributed by atoms with E-state index in [1.54, 1.807) is 0 Å². The number of aromatic nitrogens is 2. The Balaban J connectivity index is 1.21. The lowest BCUT2D eigenvalue weighted by Crippen LogP contribution is -2.61. The zero-order valence-corrected chi connectivity index (χ0v) is 41.7. The third-order valence-corrected chi connectivity index (χ3v) is 16.2. The number of nitrogens with zero attached hydrogens (tertiary/aromatic N) is 2. The van der Waals surface area contributed by atoms with Gasteiger partial charge in [-0.1, -0.05) is 212 Å². The molecule has 4 heteroatoms. The van der Waals surface area contributed by atoms with Crippen molar-refractivity contribution in [2.45, 2.75) is 79.1 Å². The van der Waals surface area contributed by atoms with Crippen molar-refractivity contribution in [2.75, 3.05) is 0 Å². The molecule has 70 heavy (non-hydrogen) atoms. The Morgan fingerprint density at radius 2 is 0.657 bits per heavy atom. The predicted molar refractivity (Wildman–Crippen MR) is 305 cm³/mol. The van der Waals surface area contributed by atoms with E-state index in [9.17, 15) is 0 Å². The van der Waals surface area contributed by atoms with Crippen LogP contribution in [-0.4, -0.2) is 22.6 Å². The molecule has 2 aliphatic heterocycles. The van der Waals surface area contributed by atoms with Crippen LogP contribution in [0.15, 0.2) is 182 Å². The number of rotatable bonds is 8. The molecule has 0 amide bonds. The van der Waals surface area contributed by atoms with Gasteiger partial charge in [-0.05, 0) is 126 Å². The molecule has 0 bridgehead atoms. The van der Waals surface area contributed by atoms with Gasteiger partial charge in [0.2, 0.25) is 13.4 Å². The average molecular weight is 901 g/mol. The minimum Gasteiger partial charge on any atom is -0.310 e. The van der Waals surface area contributed by atoms with Crippen molar-refractivity contribution in [1.29, 1.82) is 0 Å². The van der Waals surface area contributed by atoms with Gasteiger partial charge in [-0.15, -0.1) is 0 Å². The lowest BCUT2D eigenvalue weighted by atomic mass is 9.31. The van der Waals surface area contributed by atoms with Crippen molar-refractivity contribution >= 4 is 89.8 Å². The molecule has 0 aliphatic carbocycles. The fourth-order valence-corrected chi connectivity index (χ4v) is 13.1. The van der Waals surface area contributed by atoms with Gasteiger partial charge in [0.25, 0.3) is 0 Å². The summed E-state index contributed by atoms with van der Waals surface area (Å²) in [6.07, 6.45) is 0. The van der Waals surface area contributed by atoms with Crippen LogP contribution in [0, 0.1) is 0 Å². The maximum atomic E-state index is 2.67. The SMILES string of the molecule is CC(C)c1cccc(C(C)C)c1B1c2cc3c(cc2-n2c4ccc(-c5ccccc5)cc4c4cccc1c42)B(c1c(C(C)C)cccc1C(C)C)c1cccc2c4cc(-c5ccccc5)ccc4n-3c12. The van der Waals surface area contributed by atoms with Gasteiger partial charge in [-0.3, -0.25) is 0 Å². The van der Waals surface area contributed by atoms with Crippen molar-refractivity contribution in [1.82, 2.24) is 9.13 Å². The van der Waals surface area contributed by atoms with Crippen molar-refractivity contribution in [3.8, 4) is 33.6 Å². The molecule has 0 spiro atoms. The van der Waals surface area contributed by atoms with E-state index in [2.05, 4.69) is 247 Å². The molecular formula is C66H58B2N2. The third-order valence-electron chi connectivity index (χ3n) is 16.2. The Labute approximate surface area is 413 Å². The molecular weight excluding hydrogens is 842 g/mol. The molecule has 0 atom stereocenters. The van der Waals surface area contributed by atoms with Crippen molar-refractivity contribution in [2.24, 2.45) is 0 Å². The summed E-state index contributed by atoms with van der Waals surface area (Å²) in [5.74, 6) is 1.39. The van der Waals surface area contributed by atoms with Crippen LogP contribution in [-0.2, 0) is 0 Å². The molecule has 13 rings (SSSR count). The highest BCUT2D eigenvalue weighted by molar-refractivity contribution is 7.00. The topological polar surface area (TPSA) is 9.86 Å². The van der Waals surface area contributed by atoms with Crippen molar-refractivity contribution in [3.63, 3.8) is 0 Å². The first-order valence-electron chi connectivity index (χ1n) is 25.8. The summed E-state index contributed by atoms with van der Waals surface area (Å²) in [6.45, 7) is 19.1. The first-order valence-corrected chi connectivity index (χ1v) is 25.8. The number of benzene rings is 9. The Kier molecular flexibility index (Phi) is 9.86. The highest BCUT2D eigenvalue weighted by Gasteiger charge is 2.42. The van der Waals surface area contributed by atoms with Gasteiger partial charge in [-0.2, -0.15) is 0 Å². The molecule has 0 N–H and O–H groups in total. The molecule has 338 valence electrons. The number of fused-ring (bicyclic) bond motifs is 10. The summed E-state index contributed by atoms with van der Waals surface area (Å²) in [6, 6.07) is 70.1. The summed E-state index contributed by atoms with van der Waals surface area (Å²) in [4.78, 5) is 0. The van der Waals surface area contributed by atoms with E-state index < -0.39 is 0 Å². The molecule has 0 unspecified atom stereocenters. The monoisotopic (exact) mass is 900 g/mol. The summed E-state index contributed by atoms with van der Waals surface area (Å²) < 4.78 is 5.33. The number of hydrogen-bond acceptors (Lipinski definition) is 0. The van der Waals surface area contributed by atoms with Crippen LogP contribution in [0.25, 0.3) is 77.2 Å². The van der Waals surface area contributed by atoms with E-state index in [1.807, 2.05) is 0 Å². The lowest BCUT2D eigenvalue weighted by molar-refractivity contribution is 0.845. The van der Waals surface area contributed by atoms with Gasteiger partial charge in [-0.25, -0.2) is 0 Å². The van der Waals surface area contributed by atoms with E-state index in [0.29, 0.717) is 23.7 Å². The van der Waals surface area contributed by atoms with Gasteiger partial charge in [0.1, 0.15) is 0 Å². The van der Waals surface area contributed by atoms with Crippen LogP contribution < -0.4 is 32.8 Å². The van der Waals surface area contributed by atoms with E-state index in [1.165, 1.54) is 132 Å².